The zero-order chi connectivity index (χ0) is 13.8. The fourth-order valence-corrected chi connectivity index (χ4v) is 2.52. The number of hydrogen-bond acceptors (Lipinski definition) is 4. The minimum Gasteiger partial charge on any atom is -0.489 e. The lowest BCUT2D eigenvalue weighted by Crippen LogP contribution is -2.38. The van der Waals surface area contributed by atoms with Crippen molar-refractivity contribution in [2.24, 2.45) is 0 Å². The molecule has 1 saturated heterocycles. The summed E-state index contributed by atoms with van der Waals surface area (Å²) in [5, 5.41) is 2.23. The second-order valence-electron chi connectivity index (χ2n) is 5.01. The number of fused-ring (bicyclic) bond motifs is 1. The molecule has 106 valence electrons. The summed E-state index contributed by atoms with van der Waals surface area (Å²) in [6.45, 7) is 5.15. The highest BCUT2D eigenvalue weighted by atomic mass is 16.5. The highest BCUT2D eigenvalue weighted by Gasteiger charge is 2.11. The summed E-state index contributed by atoms with van der Waals surface area (Å²) < 4.78 is 11.3. The van der Waals surface area contributed by atoms with E-state index in [0.29, 0.717) is 12.3 Å². The standard InChI is InChI=1S/C16H20N2O2/c17-15-6-5-13-3-1-2-4-14(13)16(15)20-12-9-18-7-10-19-11-8-18/h1-6H,7-12,17H2. The molecule has 20 heavy (non-hydrogen) atoms. The number of rotatable bonds is 4. The lowest BCUT2D eigenvalue weighted by atomic mass is 10.1. The molecule has 4 heteroatoms. The predicted molar refractivity (Wildman–Crippen MR) is 81.1 cm³/mol. The molecule has 0 radical (unpaired) electrons. The first kappa shape index (κ1) is 13.2. The number of anilines is 1. The quantitative estimate of drug-likeness (QED) is 0.866. The second-order valence-corrected chi connectivity index (χ2v) is 5.01. The van der Waals surface area contributed by atoms with Crippen molar-refractivity contribution in [3.8, 4) is 5.75 Å². The van der Waals surface area contributed by atoms with Crippen molar-refractivity contribution in [2.75, 3.05) is 45.2 Å². The Hall–Kier alpha value is -1.78. The van der Waals surface area contributed by atoms with Crippen molar-refractivity contribution in [3.63, 3.8) is 0 Å². The molecule has 0 aliphatic carbocycles. The summed E-state index contributed by atoms with van der Waals surface area (Å²) in [6, 6.07) is 12.1. The Morgan fingerprint density at radius 1 is 1.10 bits per heavy atom. The number of nitrogens with two attached hydrogens (primary N) is 1. The summed E-state index contributed by atoms with van der Waals surface area (Å²) in [4.78, 5) is 2.35. The Morgan fingerprint density at radius 3 is 2.75 bits per heavy atom. The van der Waals surface area contributed by atoms with Gasteiger partial charge in [-0.1, -0.05) is 30.3 Å². The van der Waals surface area contributed by atoms with Gasteiger partial charge in [-0.2, -0.15) is 0 Å². The van der Waals surface area contributed by atoms with E-state index in [-0.39, 0.29) is 0 Å². The van der Waals surface area contributed by atoms with Crippen LogP contribution in [0.2, 0.25) is 0 Å². The van der Waals surface area contributed by atoms with E-state index in [9.17, 15) is 0 Å². The molecule has 1 aliphatic heterocycles. The molecule has 2 aromatic carbocycles. The van der Waals surface area contributed by atoms with Gasteiger partial charge in [0, 0.05) is 25.0 Å². The van der Waals surface area contributed by atoms with Crippen LogP contribution >= 0.6 is 0 Å². The number of nitrogen functional groups attached to an aromatic ring is 1. The van der Waals surface area contributed by atoms with Gasteiger partial charge in [-0.05, 0) is 11.5 Å². The van der Waals surface area contributed by atoms with Crippen molar-refractivity contribution in [2.45, 2.75) is 0 Å². The Bertz CT molecular complexity index is 580. The van der Waals surface area contributed by atoms with Crippen LogP contribution in [0.4, 0.5) is 5.69 Å². The van der Waals surface area contributed by atoms with Gasteiger partial charge >= 0.3 is 0 Å². The normalized spacial score (nSPS) is 16.4. The van der Waals surface area contributed by atoms with Crippen LogP contribution in [0.3, 0.4) is 0 Å². The second kappa shape index (κ2) is 6.11. The van der Waals surface area contributed by atoms with Crippen LogP contribution in [0, 0.1) is 0 Å². The highest BCUT2D eigenvalue weighted by molar-refractivity contribution is 5.92. The molecule has 0 saturated carbocycles. The zero-order valence-electron chi connectivity index (χ0n) is 11.5. The van der Waals surface area contributed by atoms with Crippen molar-refractivity contribution in [1.82, 2.24) is 4.90 Å². The van der Waals surface area contributed by atoms with Gasteiger partial charge in [-0.15, -0.1) is 0 Å². The van der Waals surface area contributed by atoms with Gasteiger partial charge in [-0.3, -0.25) is 4.90 Å². The number of hydrogen-bond donors (Lipinski definition) is 1. The third-order valence-electron chi connectivity index (χ3n) is 3.67. The van der Waals surface area contributed by atoms with E-state index in [4.69, 9.17) is 15.2 Å². The van der Waals surface area contributed by atoms with Crippen LogP contribution in [0.1, 0.15) is 0 Å². The van der Waals surface area contributed by atoms with E-state index in [0.717, 1.165) is 49.4 Å². The first-order valence-corrected chi connectivity index (χ1v) is 7.05. The Balaban J connectivity index is 1.68. The van der Waals surface area contributed by atoms with Crippen molar-refractivity contribution >= 4 is 16.5 Å². The Morgan fingerprint density at radius 2 is 1.90 bits per heavy atom. The molecule has 0 spiro atoms. The third-order valence-corrected chi connectivity index (χ3v) is 3.67. The largest absolute Gasteiger partial charge is 0.489 e. The van der Waals surface area contributed by atoms with Gasteiger partial charge in [0.15, 0.2) is 0 Å². The topological polar surface area (TPSA) is 47.7 Å². The highest BCUT2D eigenvalue weighted by Crippen LogP contribution is 2.31. The maximum Gasteiger partial charge on any atom is 0.150 e. The molecule has 0 amide bonds. The van der Waals surface area contributed by atoms with Crippen LogP contribution in [-0.4, -0.2) is 44.4 Å². The molecule has 2 aromatic rings. The van der Waals surface area contributed by atoms with Crippen molar-refractivity contribution < 1.29 is 9.47 Å². The van der Waals surface area contributed by atoms with Gasteiger partial charge in [0.1, 0.15) is 12.4 Å². The number of nitrogens with zero attached hydrogens (tertiary/aromatic N) is 1. The maximum absolute atomic E-state index is 6.05. The first-order chi connectivity index (χ1) is 9.84. The van der Waals surface area contributed by atoms with Crippen LogP contribution in [0.5, 0.6) is 5.75 Å². The average molecular weight is 272 g/mol. The van der Waals surface area contributed by atoms with E-state index in [1.165, 1.54) is 0 Å². The molecule has 1 aliphatic rings. The van der Waals surface area contributed by atoms with Crippen LogP contribution in [0.15, 0.2) is 36.4 Å². The molecule has 4 nitrogen and oxygen atoms in total. The summed E-state index contributed by atoms with van der Waals surface area (Å²) in [6.07, 6.45) is 0. The Labute approximate surface area is 119 Å². The summed E-state index contributed by atoms with van der Waals surface area (Å²) in [5.41, 5.74) is 6.75. The monoisotopic (exact) mass is 272 g/mol. The smallest absolute Gasteiger partial charge is 0.150 e. The van der Waals surface area contributed by atoms with E-state index in [1.54, 1.807) is 0 Å². The summed E-state index contributed by atoms with van der Waals surface area (Å²) >= 11 is 0. The molecular weight excluding hydrogens is 252 g/mol. The number of ether oxygens (including phenoxy) is 2. The molecule has 3 rings (SSSR count). The maximum atomic E-state index is 6.05. The third kappa shape index (κ3) is 2.86. The summed E-state index contributed by atoms with van der Waals surface area (Å²) in [5.74, 6) is 0.802. The molecular formula is C16H20N2O2. The van der Waals surface area contributed by atoms with Gasteiger partial charge < -0.3 is 15.2 Å². The van der Waals surface area contributed by atoms with Gasteiger partial charge in [0.25, 0.3) is 0 Å². The molecule has 0 unspecified atom stereocenters. The molecule has 1 heterocycles. The van der Waals surface area contributed by atoms with Gasteiger partial charge in [0.05, 0.1) is 18.9 Å². The minimum atomic E-state index is 0.651. The predicted octanol–water partition coefficient (Wildman–Crippen LogP) is 2.13. The van der Waals surface area contributed by atoms with Gasteiger partial charge in [-0.25, -0.2) is 0 Å². The van der Waals surface area contributed by atoms with E-state index in [2.05, 4.69) is 17.0 Å². The molecule has 0 bridgehead atoms. The van der Waals surface area contributed by atoms with Crippen molar-refractivity contribution in [3.05, 3.63) is 36.4 Å². The van der Waals surface area contributed by atoms with Crippen LogP contribution < -0.4 is 10.5 Å². The van der Waals surface area contributed by atoms with E-state index in [1.807, 2.05) is 24.3 Å². The SMILES string of the molecule is Nc1ccc2ccccc2c1OCCN1CCOCC1. The van der Waals surface area contributed by atoms with Gasteiger partial charge in [0.2, 0.25) is 0 Å². The number of benzene rings is 2. The fourth-order valence-electron chi connectivity index (χ4n) is 2.52. The molecule has 0 atom stereocenters. The molecule has 1 fully saturated rings. The lowest BCUT2D eigenvalue weighted by Gasteiger charge is -2.26. The molecule has 0 aromatic heterocycles. The lowest BCUT2D eigenvalue weighted by molar-refractivity contribution is 0.0324. The van der Waals surface area contributed by atoms with Crippen LogP contribution in [-0.2, 0) is 4.74 Å². The molecule has 2 N–H and O–H groups in total. The zero-order valence-corrected chi connectivity index (χ0v) is 11.5. The van der Waals surface area contributed by atoms with E-state index < -0.39 is 0 Å². The minimum absolute atomic E-state index is 0.651. The van der Waals surface area contributed by atoms with Crippen molar-refractivity contribution in [1.29, 1.82) is 0 Å². The number of morpholine rings is 1. The summed E-state index contributed by atoms with van der Waals surface area (Å²) in [7, 11) is 0. The Kier molecular flexibility index (Phi) is 4.04. The fraction of sp³-hybridized carbons (Fsp3) is 0.375. The van der Waals surface area contributed by atoms with Crippen LogP contribution in [0.25, 0.3) is 10.8 Å². The first-order valence-electron chi connectivity index (χ1n) is 7.05. The van der Waals surface area contributed by atoms with E-state index >= 15 is 0 Å². The average Bonchev–Trinajstić information content (AvgIpc) is 2.50.